The van der Waals surface area contributed by atoms with Gasteiger partial charge in [-0.2, -0.15) is 5.10 Å². The van der Waals surface area contributed by atoms with E-state index in [0.29, 0.717) is 30.1 Å². The van der Waals surface area contributed by atoms with Gasteiger partial charge >= 0.3 is 5.97 Å². The Morgan fingerprint density at radius 3 is 2.84 bits per heavy atom. The van der Waals surface area contributed by atoms with E-state index in [1.807, 2.05) is 0 Å². The van der Waals surface area contributed by atoms with Crippen LogP contribution in [0, 0.1) is 12.8 Å². The Morgan fingerprint density at radius 2 is 2.32 bits per heavy atom. The molecule has 6 heteroatoms. The lowest BCUT2D eigenvalue weighted by Crippen LogP contribution is -2.50. The predicted octanol–water partition coefficient (Wildman–Crippen LogP) is 1.43. The minimum absolute atomic E-state index is 0.242. The highest BCUT2D eigenvalue weighted by molar-refractivity contribution is 5.97. The molecular weight excluding hydrogens is 246 g/mol. The number of aliphatic carboxylic acids is 1. The Labute approximate surface area is 111 Å². The van der Waals surface area contributed by atoms with Gasteiger partial charge in [-0.3, -0.25) is 9.89 Å². The molecule has 6 nitrogen and oxygen atoms in total. The second-order valence-corrected chi connectivity index (χ2v) is 5.06. The van der Waals surface area contributed by atoms with Crippen LogP contribution in [0.3, 0.4) is 0 Å². The summed E-state index contributed by atoms with van der Waals surface area (Å²) in [5.41, 5.74) is 1.13. The summed E-state index contributed by atoms with van der Waals surface area (Å²) in [6.07, 6.45) is 3.82. The molecule has 1 fully saturated rings. The van der Waals surface area contributed by atoms with Crippen LogP contribution in [0.25, 0.3) is 0 Å². The molecule has 0 radical (unpaired) electrons. The largest absolute Gasteiger partial charge is 0.480 e. The first-order valence-electron chi connectivity index (χ1n) is 6.58. The fraction of sp³-hybridized carbons (Fsp3) is 0.615. The highest BCUT2D eigenvalue weighted by Crippen LogP contribution is 2.27. The molecule has 2 N–H and O–H groups in total. The van der Waals surface area contributed by atoms with Gasteiger partial charge in [-0.25, -0.2) is 4.79 Å². The molecule has 1 aliphatic rings. The van der Waals surface area contributed by atoms with E-state index in [-0.39, 0.29) is 5.91 Å². The van der Waals surface area contributed by atoms with Crippen molar-refractivity contribution in [3.63, 3.8) is 0 Å². The van der Waals surface area contributed by atoms with E-state index in [4.69, 9.17) is 0 Å². The minimum atomic E-state index is -0.923. The number of nitrogens with zero attached hydrogens (tertiary/aromatic N) is 2. The van der Waals surface area contributed by atoms with E-state index in [1.54, 1.807) is 6.92 Å². The molecule has 1 aromatic rings. The molecule has 0 saturated carbocycles. The van der Waals surface area contributed by atoms with Crippen molar-refractivity contribution < 1.29 is 14.7 Å². The van der Waals surface area contributed by atoms with Gasteiger partial charge in [0.25, 0.3) is 5.91 Å². The number of carboxylic acid groups (broad SMARTS) is 1. The highest BCUT2D eigenvalue weighted by Gasteiger charge is 2.36. The van der Waals surface area contributed by atoms with Crippen molar-refractivity contribution in [2.45, 2.75) is 39.2 Å². The lowest BCUT2D eigenvalue weighted by Gasteiger charge is -2.36. The maximum atomic E-state index is 12.4. The van der Waals surface area contributed by atoms with Crippen LogP contribution in [0.1, 0.15) is 42.2 Å². The molecule has 1 aromatic heterocycles. The fourth-order valence-corrected chi connectivity index (χ4v) is 2.61. The fourth-order valence-electron chi connectivity index (χ4n) is 2.61. The SMILES string of the molecule is CCC1CCN(C(=O)c2cn[nH]c2C)C(C(=O)O)C1. The monoisotopic (exact) mass is 265 g/mol. The van der Waals surface area contributed by atoms with Gasteiger partial charge in [-0.1, -0.05) is 13.3 Å². The second kappa shape index (κ2) is 5.42. The third-order valence-corrected chi connectivity index (χ3v) is 3.89. The smallest absolute Gasteiger partial charge is 0.326 e. The van der Waals surface area contributed by atoms with Gasteiger partial charge in [0.05, 0.1) is 11.8 Å². The van der Waals surface area contributed by atoms with Crippen LogP contribution in [0.4, 0.5) is 0 Å². The Morgan fingerprint density at radius 1 is 1.58 bits per heavy atom. The van der Waals surface area contributed by atoms with Crippen LogP contribution in [0.15, 0.2) is 6.20 Å². The zero-order chi connectivity index (χ0) is 14.0. The van der Waals surface area contributed by atoms with E-state index in [1.165, 1.54) is 11.1 Å². The number of nitrogens with one attached hydrogen (secondary N) is 1. The van der Waals surface area contributed by atoms with Crippen molar-refractivity contribution in [3.8, 4) is 0 Å². The number of aryl methyl sites for hydroxylation is 1. The summed E-state index contributed by atoms with van der Waals surface area (Å²) >= 11 is 0. The molecule has 2 rings (SSSR count). The molecule has 0 spiro atoms. The van der Waals surface area contributed by atoms with Crippen molar-refractivity contribution in [2.75, 3.05) is 6.54 Å². The van der Waals surface area contributed by atoms with E-state index < -0.39 is 12.0 Å². The van der Waals surface area contributed by atoms with E-state index >= 15 is 0 Å². The Kier molecular flexibility index (Phi) is 3.87. The van der Waals surface area contributed by atoms with Gasteiger partial charge in [0, 0.05) is 12.2 Å². The number of aromatic amines is 1. The first-order valence-corrected chi connectivity index (χ1v) is 6.58. The Hall–Kier alpha value is -1.85. The minimum Gasteiger partial charge on any atom is -0.480 e. The predicted molar refractivity (Wildman–Crippen MR) is 68.8 cm³/mol. The van der Waals surface area contributed by atoms with Crippen molar-refractivity contribution in [2.24, 2.45) is 5.92 Å². The summed E-state index contributed by atoms with van der Waals surface area (Å²) in [5.74, 6) is -0.781. The molecule has 1 saturated heterocycles. The maximum Gasteiger partial charge on any atom is 0.326 e. The number of piperidine rings is 1. The summed E-state index contributed by atoms with van der Waals surface area (Å²) in [5, 5.41) is 15.8. The average Bonchev–Trinajstić information content (AvgIpc) is 2.83. The number of hydrogen-bond donors (Lipinski definition) is 2. The molecule has 19 heavy (non-hydrogen) atoms. The van der Waals surface area contributed by atoms with Gasteiger partial charge in [0.1, 0.15) is 6.04 Å². The third kappa shape index (κ3) is 2.62. The molecule has 0 aromatic carbocycles. The molecule has 2 heterocycles. The van der Waals surface area contributed by atoms with Crippen molar-refractivity contribution >= 4 is 11.9 Å². The normalized spacial score (nSPS) is 23.4. The highest BCUT2D eigenvalue weighted by atomic mass is 16.4. The quantitative estimate of drug-likeness (QED) is 0.865. The topological polar surface area (TPSA) is 86.3 Å². The van der Waals surface area contributed by atoms with Gasteiger partial charge in [-0.15, -0.1) is 0 Å². The standard InChI is InChI=1S/C13H19N3O3/c1-3-9-4-5-16(11(6-9)13(18)19)12(17)10-7-14-15-8(10)2/h7,9,11H,3-6H2,1-2H3,(H,14,15)(H,18,19). The summed E-state index contributed by atoms with van der Waals surface area (Å²) in [6, 6.07) is -0.722. The van der Waals surface area contributed by atoms with Gasteiger partial charge in [0.2, 0.25) is 0 Å². The van der Waals surface area contributed by atoms with Gasteiger partial charge < -0.3 is 10.0 Å². The van der Waals surface area contributed by atoms with Crippen LogP contribution in [-0.2, 0) is 4.79 Å². The Balaban J connectivity index is 2.20. The molecular formula is C13H19N3O3. The van der Waals surface area contributed by atoms with E-state index in [2.05, 4.69) is 17.1 Å². The third-order valence-electron chi connectivity index (χ3n) is 3.89. The molecule has 0 bridgehead atoms. The molecule has 1 aliphatic heterocycles. The number of likely N-dealkylation sites (tertiary alicyclic amines) is 1. The number of aromatic nitrogens is 2. The maximum absolute atomic E-state index is 12.4. The van der Waals surface area contributed by atoms with Crippen LogP contribution >= 0.6 is 0 Å². The van der Waals surface area contributed by atoms with E-state index in [0.717, 1.165) is 12.8 Å². The number of amides is 1. The summed E-state index contributed by atoms with van der Waals surface area (Å²) < 4.78 is 0. The first-order chi connectivity index (χ1) is 9.04. The van der Waals surface area contributed by atoms with Crippen LogP contribution in [0.5, 0.6) is 0 Å². The lowest BCUT2D eigenvalue weighted by molar-refractivity contribution is -0.144. The van der Waals surface area contributed by atoms with Crippen LogP contribution in [-0.4, -0.2) is 44.7 Å². The number of rotatable bonds is 3. The second-order valence-electron chi connectivity index (χ2n) is 5.06. The van der Waals surface area contributed by atoms with Crippen molar-refractivity contribution in [3.05, 3.63) is 17.5 Å². The molecule has 2 atom stereocenters. The molecule has 104 valence electrons. The Bertz CT molecular complexity index is 483. The van der Waals surface area contributed by atoms with E-state index in [9.17, 15) is 14.7 Å². The first kappa shape index (κ1) is 13.6. The number of carboxylic acids is 1. The molecule has 2 unspecified atom stereocenters. The number of hydrogen-bond acceptors (Lipinski definition) is 3. The summed E-state index contributed by atoms with van der Waals surface area (Å²) in [6.45, 7) is 4.31. The average molecular weight is 265 g/mol. The zero-order valence-electron chi connectivity index (χ0n) is 11.2. The molecule has 1 amide bonds. The van der Waals surface area contributed by atoms with Crippen LogP contribution in [0.2, 0.25) is 0 Å². The van der Waals surface area contributed by atoms with Crippen LogP contribution < -0.4 is 0 Å². The number of carbonyl (C=O) groups excluding carboxylic acids is 1. The van der Waals surface area contributed by atoms with Gasteiger partial charge in [0.15, 0.2) is 0 Å². The molecule has 0 aliphatic carbocycles. The summed E-state index contributed by atoms with van der Waals surface area (Å²) in [4.78, 5) is 25.2. The van der Waals surface area contributed by atoms with Crippen molar-refractivity contribution in [1.82, 2.24) is 15.1 Å². The van der Waals surface area contributed by atoms with Crippen molar-refractivity contribution in [1.29, 1.82) is 0 Å². The zero-order valence-corrected chi connectivity index (χ0v) is 11.2. The number of carbonyl (C=O) groups is 2. The summed E-state index contributed by atoms with van der Waals surface area (Å²) in [7, 11) is 0. The number of H-pyrrole nitrogens is 1. The van der Waals surface area contributed by atoms with Gasteiger partial charge in [-0.05, 0) is 25.7 Å². The lowest BCUT2D eigenvalue weighted by atomic mass is 9.88.